The first kappa shape index (κ1) is 13.0. The van der Waals surface area contributed by atoms with Crippen molar-refractivity contribution in [3.63, 3.8) is 0 Å². The Bertz CT molecular complexity index is 420. The van der Waals surface area contributed by atoms with Crippen molar-refractivity contribution >= 4 is 23.3 Å². The van der Waals surface area contributed by atoms with Gasteiger partial charge in [0, 0.05) is 26.2 Å². The highest BCUT2D eigenvalue weighted by atomic mass is 35.5. The average Bonchev–Trinajstić information content (AvgIpc) is 2.40. The number of carbonyl (C=O) groups excluding carboxylic acids is 1. The largest absolute Gasteiger partial charge is 0.367 e. The van der Waals surface area contributed by atoms with Crippen LogP contribution in [0.2, 0.25) is 5.02 Å². The van der Waals surface area contributed by atoms with Crippen molar-refractivity contribution in [1.29, 1.82) is 0 Å². The maximum atomic E-state index is 11.6. The first-order valence-electron chi connectivity index (χ1n) is 5.79. The average molecular weight is 270 g/mol. The Hall–Kier alpha value is -1.46. The lowest BCUT2D eigenvalue weighted by Crippen LogP contribution is -2.51. The summed E-state index contributed by atoms with van der Waals surface area (Å²) < 4.78 is 0. The van der Waals surface area contributed by atoms with E-state index >= 15 is 0 Å². The number of hydroxylamine groups is 1. The number of carbonyl (C=O) groups is 1. The molecule has 1 aromatic carbocycles. The van der Waals surface area contributed by atoms with Crippen LogP contribution in [-0.2, 0) is 4.84 Å². The fourth-order valence-electron chi connectivity index (χ4n) is 2.01. The number of nitrogens with one attached hydrogen (secondary N) is 1. The molecule has 0 spiro atoms. The van der Waals surface area contributed by atoms with Crippen LogP contribution in [0.5, 0.6) is 0 Å². The van der Waals surface area contributed by atoms with E-state index in [0.717, 1.165) is 23.8 Å². The summed E-state index contributed by atoms with van der Waals surface area (Å²) in [6.07, 6.45) is 0. The fourth-order valence-corrected chi connectivity index (χ4v) is 2.27. The van der Waals surface area contributed by atoms with Gasteiger partial charge in [0.25, 0.3) is 0 Å². The topological polar surface area (TPSA) is 44.8 Å². The van der Waals surface area contributed by atoms with Crippen molar-refractivity contribution in [3.8, 4) is 0 Å². The third-order valence-corrected chi connectivity index (χ3v) is 3.27. The first-order valence-corrected chi connectivity index (χ1v) is 6.17. The molecule has 1 aliphatic rings. The molecule has 1 aliphatic heterocycles. The van der Waals surface area contributed by atoms with Gasteiger partial charge in [-0.15, -0.1) is 0 Å². The second kappa shape index (κ2) is 5.93. The zero-order valence-electron chi connectivity index (χ0n) is 10.2. The van der Waals surface area contributed by atoms with Crippen molar-refractivity contribution in [1.82, 2.24) is 10.4 Å². The van der Waals surface area contributed by atoms with Crippen LogP contribution in [0.1, 0.15) is 0 Å². The minimum absolute atomic E-state index is 0.198. The molecule has 6 heteroatoms. The number of halogens is 1. The Morgan fingerprint density at radius 1 is 1.28 bits per heavy atom. The van der Waals surface area contributed by atoms with Crippen LogP contribution in [0.3, 0.4) is 0 Å². The highest BCUT2D eigenvalue weighted by molar-refractivity contribution is 6.33. The van der Waals surface area contributed by atoms with Crippen molar-refractivity contribution in [2.45, 2.75) is 0 Å². The third kappa shape index (κ3) is 2.86. The van der Waals surface area contributed by atoms with E-state index in [4.69, 9.17) is 11.6 Å². The summed E-state index contributed by atoms with van der Waals surface area (Å²) in [6.45, 7) is 2.84. The minimum atomic E-state index is -0.198. The van der Waals surface area contributed by atoms with Crippen LogP contribution >= 0.6 is 11.6 Å². The molecule has 0 aliphatic carbocycles. The SMILES string of the molecule is CONC(=O)N1CCN(c2ccccc2Cl)CC1. The van der Waals surface area contributed by atoms with E-state index < -0.39 is 0 Å². The number of hydrogen-bond donors (Lipinski definition) is 1. The maximum Gasteiger partial charge on any atom is 0.341 e. The van der Waals surface area contributed by atoms with E-state index in [1.54, 1.807) is 4.90 Å². The Kier molecular flexibility index (Phi) is 4.28. The predicted molar refractivity (Wildman–Crippen MR) is 70.8 cm³/mol. The van der Waals surface area contributed by atoms with E-state index in [2.05, 4.69) is 15.2 Å². The van der Waals surface area contributed by atoms with Crippen molar-refractivity contribution in [2.75, 3.05) is 38.2 Å². The lowest BCUT2D eigenvalue weighted by atomic mass is 10.2. The Balaban J connectivity index is 1.95. The van der Waals surface area contributed by atoms with Gasteiger partial charge in [-0.25, -0.2) is 10.3 Å². The molecule has 0 saturated carbocycles. The first-order chi connectivity index (χ1) is 8.72. The number of benzene rings is 1. The molecule has 2 amide bonds. The van der Waals surface area contributed by atoms with Gasteiger partial charge < -0.3 is 9.80 Å². The van der Waals surface area contributed by atoms with Crippen molar-refractivity contribution in [3.05, 3.63) is 29.3 Å². The summed E-state index contributed by atoms with van der Waals surface area (Å²) in [5.41, 5.74) is 3.34. The van der Waals surface area contributed by atoms with Crippen LogP contribution in [0.15, 0.2) is 24.3 Å². The quantitative estimate of drug-likeness (QED) is 0.832. The summed E-state index contributed by atoms with van der Waals surface area (Å²) in [4.78, 5) is 20.1. The Labute approximate surface area is 111 Å². The molecule has 0 atom stereocenters. The van der Waals surface area contributed by atoms with Crippen molar-refractivity contribution < 1.29 is 9.63 Å². The molecule has 18 heavy (non-hydrogen) atoms. The molecule has 0 aromatic heterocycles. The molecule has 0 bridgehead atoms. The van der Waals surface area contributed by atoms with Crippen LogP contribution in [0.25, 0.3) is 0 Å². The zero-order valence-corrected chi connectivity index (χ0v) is 11.0. The Morgan fingerprint density at radius 3 is 2.56 bits per heavy atom. The smallest absolute Gasteiger partial charge is 0.341 e. The number of anilines is 1. The van der Waals surface area contributed by atoms with E-state index in [-0.39, 0.29) is 6.03 Å². The summed E-state index contributed by atoms with van der Waals surface area (Å²) in [6, 6.07) is 7.55. The van der Waals surface area contributed by atoms with Gasteiger partial charge in [-0.05, 0) is 12.1 Å². The van der Waals surface area contributed by atoms with Gasteiger partial charge >= 0.3 is 6.03 Å². The van der Waals surface area contributed by atoms with E-state index in [0.29, 0.717) is 13.1 Å². The van der Waals surface area contributed by atoms with Gasteiger partial charge in [-0.3, -0.25) is 4.84 Å². The molecule has 1 saturated heterocycles. The molecule has 1 aromatic rings. The van der Waals surface area contributed by atoms with Gasteiger partial charge in [0.1, 0.15) is 0 Å². The second-order valence-corrected chi connectivity index (χ2v) is 4.44. The summed E-state index contributed by atoms with van der Waals surface area (Å²) in [7, 11) is 1.43. The van der Waals surface area contributed by atoms with Crippen LogP contribution in [0.4, 0.5) is 10.5 Å². The van der Waals surface area contributed by atoms with Gasteiger partial charge in [0.2, 0.25) is 0 Å². The number of rotatable bonds is 2. The summed E-state index contributed by atoms with van der Waals surface area (Å²) in [5.74, 6) is 0. The minimum Gasteiger partial charge on any atom is -0.367 e. The molecule has 0 unspecified atom stereocenters. The number of hydrogen-bond acceptors (Lipinski definition) is 3. The molecular formula is C12H16ClN3O2. The predicted octanol–water partition coefficient (Wildman–Crippen LogP) is 1.73. The number of nitrogens with zero attached hydrogens (tertiary/aromatic N) is 2. The van der Waals surface area contributed by atoms with E-state index in [1.165, 1.54) is 7.11 Å². The monoisotopic (exact) mass is 269 g/mol. The normalized spacial score (nSPS) is 15.7. The van der Waals surface area contributed by atoms with Crippen LogP contribution in [-0.4, -0.2) is 44.2 Å². The van der Waals surface area contributed by atoms with Gasteiger partial charge in [0.05, 0.1) is 17.8 Å². The molecule has 2 rings (SSSR count). The molecule has 98 valence electrons. The van der Waals surface area contributed by atoms with E-state index in [1.807, 2.05) is 24.3 Å². The van der Waals surface area contributed by atoms with E-state index in [9.17, 15) is 4.79 Å². The van der Waals surface area contributed by atoms with Crippen molar-refractivity contribution in [2.24, 2.45) is 0 Å². The highest BCUT2D eigenvalue weighted by Gasteiger charge is 2.21. The number of piperazine rings is 1. The Morgan fingerprint density at radius 2 is 1.94 bits per heavy atom. The van der Waals surface area contributed by atoms with Crippen LogP contribution < -0.4 is 10.4 Å². The number of amides is 2. The molecule has 1 N–H and O–H groups in total. The number of para-hydroxylation sites is 1. The second-order valence-electron chi connectivity index (χ2n) is 4.04. The molecule has 5 nitrogen and oxygen atoms in total. The molecular weight excluding hydrogens is 254 g/mol. The fraction of sp³-hybridized carbons (Fsp3) is 0.417. The lowest BCUT2D eigenvalue weighted by Gasteiger charge is -2.36. The zero-order chi connectivity index (χ0) is 13.0. The molecule has 1 heterocycles. The van der Waals surface area contributed by atoms with Gasteiger partial charge in [-0.1, -0.05) is 23.7 Å². The molecule has 1 fully saturated rings. The lowest BCUT2D eigenvalue weighted by molar-refractivity contribution is 0.0857. The highest BCUT2D eigenvalue weighted by Crippen LogP contribution is 2.25. The van der Waals surface area contributed by atoms with Gasteiger partial charge in [0.15, 0.2) is 0 Å². The number of urea groups is 1. The summed E-state index contributed by atoms with van der Waals surface area (Å²) in [5, 5.41) is 0.743. The third-order valence-electron chi connectivity index (χ3n) is 2.95. The summed E-state index contributed by atoms with van der Waals surface area (Å²) >= 11 is 6.15. The van der Waals surface area contributed by atoms with Crippen LogP contribution in [0, 0.1) is 0 Å². The standard InChI is InChI=1S/C12H16ClN3O2/c1-18-14-12(17)16-8-6-15(7-9-16)11-5-3-2-4-10(11)13/h2-5H,6-9H2,1H3,(H,14,17). The molecule has 0 radical (unpaired) electrons. The van der Waals surface area contributed by atoms with Gasteiger partial charge in [-0.2, -0.15) is 0 Å². The maximum absolute atomic E-state index is 11.6.